The van der Waals surface area contributed by atoms with Gasteiger partial charge in [-0.2, -0.15) is 0 Å². The van der Waals surface area contributed by atoms with Crippen LogP contribution in [0.4, 0.5) is 17.1 Å². The molecule has 3 atom stereocenters. The van der Waals surface area contributed by atoms with Crippen LogP contribution < -0.4 is 10.6 Å². The summed E-state index contributed by atoms with van der Waals surface area (Å²) in [7, 11) is 0. The molecule has 7 heteroatoms. The summed E-state index contributed by atoms with van der Waals surface area (Å²) in [6.07, 6.45) is 5.10. The minimum Gasteiger partial charge on any atom is -0.377 e. The molecule has 5 rings (SSSR count). The molecule has 0 radical (unpaired) electrons. The van der Waals surface area contributed by atoms with Crippen LogP contribution in [0.2, 0.25) is 5.02 Å². The van der Waals surface area contributed by atoms with Crippen molar-refractivity contribution >= 4 is 34.6 Å². The number of para-hydroxylation sites is 2. The van der Waals surface area contributed by atoms with Gasteiger partial charge in [0.15, 0.2) is 0 Å². The number of halogens is 1. The maximum atomic E-state index is 13.1. The monoisotopic (exact) mass is 445 g/mol. The lowest BCUT2D eigenvalue weighted by molar-refractivity contribution is -0.384. The summed E-state index contributed by atoms with van der Waals surface area (Å²) in [5.74, 6) is 0.0235. The standard InChI is InChI=1S/C25H20ClN3O3/c26-22-13-12-16(29(31)32)14-21(22)24-19-9-4-8-17(19)18-10-5-11-20(23(18)28-24)25(30)27-15-6-2-1-3-7-15/h1-8,10-14,17,19,24,28H,9H2,(H,27,30). The lowest BCUT2D eigenvalue weighted by Crippen LogP contribution is -2.31. The summed E-state index contributed by atoms with van der Waals surface area (Å²) < 4.78 is 0. The molecule has 160 valence electrons. The van der Waals surface area contributed by atoms with Crippen LogP contribution >= 0.6 is 11.6 Å². The molecule has 0 saturated heterocycles. The van der Waals surface area contributed by atoms with E-state index in [-0.39, 0.29) is 29.5 Å². The molecule has 2 N–H and O–H groups in total. The van der Waals surface area contributed by atoms with Gasteiger partial charge in [-0.05, 0) is 42.2 Å². The van der Waals surface area contributed by atoms with Crippen molar-refractivity contribution in [3.05, 3.63) is 111 Å². The number of non-ortho nitro benzene ring substituents is 1. The topological polar surface area (TPSA) is 84.3 Å². The van der Waals surface area contributed by atoms with Gasteiger partial charge in [-0.25, -0.2) is 0 Å². The summed E-state index contributed by atoms with van der Waals surface area (Å²) in [5.41, 5.74) is 3.68. The largest absolute Gasteiger partial charge is 0.377 e. The Bertz CT molecular complexity index is 1240. The lowest BCUT2D eigenvalue weighted by Gasteiger charge is -2.38. The van der Waals surface area contributed by atoms with E-state index in [0.717, 1.165) is 17.7 Å². The van der Waals surface area contributed by atoms with Gasteiger partial charge >= 0.3 is 0 Å². The van der Waals surface area contributed by atoms with Crippen LogP contribution in [0, 0.1) is 16.0 Å². The second-order valence-corrected chi connectivity index (χ2v) is 8.44. The van der Waals surface area contributed by atoms with Crippen LogP contribution in [0.1, 0.15) is 39.9 Å². The van der Waals surface area contributed by atoms with Gasteiger partial charge in [-0.1, -0.05) is 54.1 Å². The molecule has 3 aromatic carbocycles. The van der Waals surface area contributed by atoms with E-state index >= 15 is 0 Å². The SMILES string of the molecule is O=C(Nc1ccccc1)c1cccc2c1NC(c1cc([N+](=O)[O-])ccc1Cl)C1CC=CC21. The second kappa shape index (κ2) is 8.13. The molecule has 0 aromatic heterocycles. The molecule has 0 bridgehead atoms. The molecule has 1 aliphatic heterocycles. The third kappa shape index (κ3) is 3.52. The van der Waals surface area contributed by atoms with Crippen molar-refractivity contribution in [1.29, 1.82) is 0 Å². The Morgan fingerprint density at radius 1 is 1.06 bits per heavy atom. The number of allylic oxidation sites excluding steroid dienone is 2. The van der Waals surface area contributed by atoms with Gasteiger partial charge in [0, 0.05) is 34.3 Å². The summed E-state index contributed by atoms with van der Waals surface area (Å²) in [5, 5.41) is 18.3. The Kier molecular flexibility index (Phi) is 5.15. The highest BCUT2D eigenvalue weighted by atomic mass is 35.5. The van der Waals surface area contributed by atoms with Crippen LogP contribution in [0.25, 0.3) is 0 Å². The van der Waals surface area contributed by atoms with Gasteiger partial charge in [-0.15, -0.1) is 0 Å². The normalized spacial score (nSPS) is 20.7. The molecule has 1 aliphatic carbocycles. The average Bonchev–Trinajstić information content (AvgIpc) is 3.29. The maximum Gasteiger partial charge on any atom is 0.269 e. The number of hydrogen-bond acceptors (Lipinski definition) is 4. The van der Waals surface area contributed by atoms with Crippen LogP contribution in [0.3, 0.4) is 0 Å². The third-order valence-electron chi connectivity index (χ3n) is 6.20. The Balaban J connectivity index is 1.57. The van der Waals surface area contributed by atoms with E-state index < -0.39 is 4.92 Å². The first kappa shape index (κ1) is 20.3. The van der Waals surface area contributed by atoms with E-state index in [1.165, 1.54) is 12.1 Å². The van der Waals surface area contributed by atoms with Gasteiger partial charge in [0.1, 0.15) is 0 Å². The number of amides is 1. The highest BCUT2D eigenvalue weighted by molar-refractivity contribution is 6.31. The summed E-state index contributed by atoms with van der Waals surface area (Å²) in [6.45, 7) is 0. The van der Waals surface area contributed by atoms with E-state index in [0.29, 0.717) is 21.8 Å². The van der Waals surface area contributed by atoms with Crippen LogP contribution in [-0.4, -0.2) is 10.8 Å². The van der Waals surface area contributed by atoms with Gasteiger partial charge in [0.05, 0.1) is 22.2 Å². The predicted molar refractivity (Wildman–Crippen MR) is 125 cm³/mol. The molecule has 1 heterocycles. The zero-order valence-corrected chi connectivity index (χ0v) is 17.8. The molecular weight excluding hydrogens is 426 g/mol. The Morgan fingerprint density at radius 3 is 2.66 bits per heavy atom. The van der Waals surface area contributed by atoms with E-state index in [2.05, 4.69) is 22.8 Å². The Labute approximate surface area is 190 Å². The fourth-order valence-corrected chi connectivity index (χ4v) is 4.96. The average molecular weight is 446 g/mol. The fraction of sp³-hybridized carbons (Fsp3) is 0.160. The Morgan fingerprint density at radius 2 is 1.88 bits per heavy atom. The highest BCUT2D eigenvalue weighted by Gasteiger charge is 2.40. The van der Waals surface area contributed by atoms with Crippen molar-refractivity contribution in [2.45, 2.75) is 18.4 Å². The van der Waals surface area contributed by atoms with E-state index in [4.69, 9.17) is 11.6 Å². The number of nitrogens with zero attached hydrogens (tertiary/aromatic N) is 1. The van der Waals surface area contributed by atoms with E-state index in [1.807, 2.05) is 42.5 Å². The van der Waals surface area contributed by atoms with Gasteiger partial charge < -0.3 is 10.6 Å². The van der Waals surface area contributed by atoms with Crippen molar-refractivity contribution < 1.29 is 9.72 Å². The molecule has 2 aliphatic rings. The Hall–Kier alpha value is -3.64. The first-order chi connectivity index (χ1) is 15.5. The lowest BCUT2D eigenvalue weighted by atomic mass is 9.76. The molecule has 0 spiro atoms. The first-order valence-electron chi connectivity index (χ1n) is 10.4. The van der Waals surface area contributed by atoms with Crippen LogP contribution in [0.5, 0.6) is 0 Å². The first-order valence-corrected chi connectivity index (χ1v) is 10.8. The number of carbonyl (C=O) groups excluding carboxylic acids is 1. The number of fused-ring (bicyclic) bond motifs is 3. The molecule has 3 aromatic rings. The molecule has 0 saturated carbocycles. The molecule has 6 nitrogen and oxygen atoms in total. The van der Waals surface area contributed by atoms with Gasteiger partial charge in [-0.3, -0.25) is 14.9 Å². The van der Waals surface area contributed by atoms with Crippen molar-refractivity contribution in [3.63, 3.8) is 0 Å². The molecular formula is C25H20ClN3O3. The van der Waals surface area contributed by atoms with E-state index in [9.17, 15) is 14.9 Å². The number of anilines is 2. The van der Waals surface area contributed by atoms with Crippen molar-refractivity contribution in [2.75, 3.05) is 10.6 Å². The summed E-state index contributed by atoms with van der Waals surface area (Å²) >= 11 is 6.50. The molecule has 0 fully saturated rings. The van der Waals surface area contributed by atoms with Gasteiger partial charge in [0.2, 0.25) is 0 Å². The van der Waals surface area contributed by atoms with E-state index in [1.54, 1.807) is 12.1 Å². The minimum absolute atomic E-state index is 0.00499. The molecule has 32 heavy (non-hydrogen) atoms. The quantitative estimate of drug-likeness (QED) is 0.279. The van der Waals surface area contributed by atoms with Gasteiger partial charge in [0.25, 0.3) is 11.6 Å². The zero-order chi connectivity index (χ0) is 22.2. The number of carbonyl (C=O) groups is 1. The van der Waals surface area contributed by atoms with Crippen molar-refractivity contribution in [3.8, 4) is 0 Å². The van der Waals surface area contributed by atoms with Crippen LogP contribution in [-0.2, 0) is 0 Å². The fourth-order valence-electron chi connectivity index (χ4n) is 4.72. The number of nitrogens with one attached hydrogen (secondary N) is 2. The summed E-state index contributed by atoms with van der Waals surface area (Å²) in [4.78, 5) is 24.1. The van der Waals surface area contributed by atoms with Crippen molar-refractivity contribution in [2.24, 2.45) is 5.92 Å². The number of nitro benzene ring substituents is 1. The predicted octanol–water partition coefficient (Wildman–Crippen LogP) is 6.33. The van der Waals surface area contributed by atoms with Crippen LogP contribution in [0.15, 0.2) is 78.9 Å². The van der Waals surface area contributed by atoms with Crippen molar-refractivity contribution in [1.82, 2.24) is 0 Å². The number of hydrogen-bond donors (Lipinski definition) is 2. The maximum absolute atomic E-state index is 13.1. The molecule has 1 amide bonds. The number of benzene rings is 3. The summed E-state index contributed by atoms with van der Waals surface area (Å²) in [6, 6.07) is 19.2. The second-order valence-electron chi connectivity index (χ2n) is 8.03. The minimum atomic E-state index is -0.417. The number of rotatable bonds is 4. The highest BCUT2D eigenvalue weighted by Crippen LogP contribution is 2.52. The smallest absolute Gasteiger partial charge is 0.269 e. The number of nitro groups is 1. The molecule has 3 unspecified atom stereocenters. The zero-order valence-electron chi connectivity index (χ0n) is 17.0. The third-order valence-corrected chi connectivity index (χ3v) is 6.54.